The molecule has 96 valence electrons. The third kappa shape index (κ3) is 7.40. The van der Waals surface area contributed by atoms with E-state index in [2.05, 4.69) is 43.2 Å². The molecule has 3 heteroatoms. The number of hydrogen-bond acceptors (Lipinski definition) is 3. The maximum Gasteiger partial charge on any atom is 0.0278 e. The summed E-state index contributed by atoms with van der Waals surface area (Å²) in [4.78, 5) is 5.32. The highest BCUT2D eigenvalue weighted by Gasteiger charge is 2.02. The lowest BCUT2D eigenvalue weighted by Gasteiger charge is -2.14. The van der Waals surface area contributed by atoms with Gasteiger partial charge >= 0.3 is 0 Å². The summed E-state index contributed by atoms with van der Waals surface area (Å²) in [6.45, 7) is 7.92. The van der Waals surface area contributed by atoms with Gasteiger partial charge in [-0.2, -0.15) is 0 Å². The summed E-state index contributed by atoms with van der Waals surface area (Å²) in [6.07, 6.45) is 6.28. The third-order valence-corrected chi connectivity index (χ3v) is 3.70. The molecule has 0 bridgehead atoms. The van der Waals surface area contributed by atoms with Gasteiger partial charge in [0.1, 0.15) is 0 Å². The third-order valence-electron chi connectivity index (χ3n) is 2.69. The second-order valence-corrected chi connectivity index (χ2v) is 6.03. The average Bonchev–Trinajstić information content (AvgIpc) is 2.33. The van der Waals surface area contributed by atoms with Gasteiger partial charge in [-0.25, -0.2) is 0 Å². The summed E-state index contributed by atoms with van der Waals surface area (Å²) >= 11 is 1.88. The summed E-state index contributed by atoms with van der Waals surface area (Å²) in [5.41, 5.74) is 0. The maximum atomic E-state index is 4.01. The van der Waals surface area contributed by atoms with Gasteiger partial charge in [0, 0.05) is 35.6 Å². The average molecular weight is 252 g/mol. The van der Waals surface area contributed by atoms with Gasteiger partial charge in [0.2, 0.25) is 0 Å². The number of pyridine rings is 1. The van der Waals surface area contributed by atoms with E-state index in [1.807, 2.05) is 24.2 Å². The zero-order valence-electron chi connectivity index (χ0n) is 11.1. The van der Waals surface area contributed by atoms with E-state index < -0.39 is 0 Å². The van der Waals surface area contributed by atoms with E-state index in [1.165, 1.54) is 17.7 Å². The Kier molecular flexibility index (Phi) is 7.29. The van der Waals surface area contributed by atoms with Gasteiger partial charge in [0.25, 0.3) is 0 Å². The monoisotopic (exact) mass is 252 g/mol. The van der Waals surface area contributed by atoms with E-state index in [0.29, 0.717) is 6.04 Å². The highest BCUT2D eigenvalue weighted by molar-refractivity contribution is 7.99. The topological polar surface area (TPSA) is 24.9 Å². The molecule has 0 saturated carbocycles. The van der Waals surface area contributed by atoms with Crippen LogP contribution < -0.4 is 5.32 Å². The van der Waals surface area contributed by atoms with E-state index in [4.69, 9.17) is 0 Å². The highest BCUT2D eigenvalue weighted by Crippen LogP contribution is 2.15. The van der Waals surface area contributed by atoms with Crippen molar-refractivity contribution in [2.24, 2.45) is 5.92 Å². The van der Waals surface area contributed by atoms with Crippen molar-refractivity contribution >= 4 is 11.8 Å². The lowest BCUT2D eigenvalue weighted by Crippen LogP contribution is -2.28. The predicted octanol–water partition coefficient (Wildman–Crippen LogP) is 3.59. The van der Waals surface area contributed by atoms with Crippen molar-refractivity contribution < 1.29 is 0 Å². The van der Waals surface area contributed by atoms with Crippen LogP contribution in [0.25, 0.3) is 0 Å². The zero-order chi connectivity index (χ0) is 12.5. The van der Waals surface area contributed by atoms with Crippen LogP contribution in [0.15, 0.2) is 29.4 Å². The van der Waals surface area contributed by atoms with Gasteiger partial charge < -0.3 is 5.32 Å². The van der Waals surface area contributed by atoms with Crippen molar-refractivity contribution in [3.8, 4) is 0 Å². The van der Waals surface area contributed by atoms with E-state index >= 15 is 0 Å². The second-order valence-electron chi connectivity index (χ2n) is 4.86. The minimum atomic E-state index is 0.635. The molecule has 2 nitrogen and oxygen atoms in total. The lowest BCUT2D eigenvalue weighted by atomic mass is 10.0. The van der Waals surface area contributed by atoms with Crippen LogP contribution in [0.5, 0.6) is 0 Å². The molecule has 0 saturated heterocycles. The molecule has 1 atom stereocenters. The molecule has 0 spiro atoms. The molecule has 17 heavy (non-hydrogen) atoms. The van der Waals surface area contributed by atoms with Crippen molar-refractivity contribution in [1.29, 1.82) is 0 Å². The first-order valence-electron chi connectivity index (χ1n) is 6.44. The minimum Gasteiger partial charge on any atom is -0.313 e. The summed E-state index contributed by atoms with van der Waals surface area (Å²) < 4.78 is 0. The minimum absolute atomic E-state index is 0.635. The van der Waals surface area contributed by atoms with Crippen molar-refractivity contribution in [2.75, 3.05) is 12.3 Å². The molecule has 1 N–H and O–H groups in total. The van der Waals surface area contributed by atoms with Crippen molar-refractivity contribution in [3.05, 3.63) is 24.5 Å². The van der Waals surface area contributed by atoms with Crippen LogP contribution in [0, 0.1) is 5.92 Å². The second kappa shape index (κ2) is 8.54. The van der Waals surface area contributed by atoms with E-state index in [1.54, 1.807) is 0 Å². The summed E-state index contributed by atoms with van der Waals surface area (Å²) in [5, 5.41) is 3.57. The first-order chi connectivity index (χ1) is 8.18. The number of thioether (sulfide) groups is 1. The molecule has 0 fully saturated rings. The Labute approximate surface area is 110 Å². The fraction of sp³-hybridized carbons (Fsp3) is 0.643. The molecule has 1 unspecified atom stereocenters. The lowest BCUT2D eigenvalue weighted by molar-refractivity contribution is 0.460. The molecular formula is C14H24N2S. The molecular weight excluding hydrogens is 228 g/mol. The Morgan fingerprint density at radius 3 is 2.53 bits per heavy atom. The highest BCUT2D eigenvalue weighted by atomic mass is 32.2. The van der Waals surface area contributed by atoms with Crippen LogP contribution in [-0.4, -0.2) is 23.3 Å². The normalized spacial score (nSPS) is 12.9. The number of hydrogen-bond donors (Lipinski definition) is 1. The SMILES string of the molecule is CC(C)CCC(C)NCCSc1ccncc1. The first kappa shape index (κ1) is 14.5. The Morgan fingerprint density at radius 1 is 1.18 bits per heavy atom. The van der Waals surface area contributed by atoms with Crippen LogP contribution in [0.2, 0.25) is 0 Å². The predicted molar refractivity (Wildman–Crippen MR) is 76.5 cm³/mol. The molecule has 1 rings (SSSR count). The van der Waals surface area contributed by atoms with Crippen LogP contribution in [0.4, 0.5) is 0 Å². The molecule has 1 heterocycles. The summed E-state index contributed by atoms with van der Waals surface area (Å²) in [7, 11) is 0. The van der Waals surface area contributed by atoms with E-state index in [-0.39, 0.29) is 0 Å². The molecule has 0 aliphatic carbocycles. The zero-order valence-corrected chi connectivity index (χ0v) is 12.0. The molecule has 0 aliphatic heterocycles. The van der Waals surface area contributed by atoms with Crippen LogP contribution in [0.1, 0.15) is 33.6 Å². The van der Waals surface area contributed by atoms with E-state index in [9.17, 15) is 0 Å². The maximum absolute atomic E-state index is 4.01. The van der Waals surface area contributed by atoms with Gasteiger partial charge in [-0.3, -0.25) is 4.98 Å². The van der Waals surface area contributed by atoms with Gasteiger partial charge in [-0.05, 0) is 37.8 Å². The number of nitrogens with zero attached hydrogens (tertiary/aromatic N) is 1. The first-order valence-corrected chi connectivity index (χ1v) is 7.43. The Morgan fingerprint density at radius 2 is 1.88 bits per heavy atom. The molecule has 1 aromatic rings. The van der Waals surface area contributed by atoms with Gasteiger partial charge in [0.15, 0.2) is 0 Å². The largest absolute Gasteiger partial charge is 0.313 e. The molecule has 0 amide bonds. The smallest absolute Gasteiger partial charge is 0.0278 e. The van der Waals surface area contributed by atoms with Gasteiger partial charge in [0.05, 0.1) is 0 Å². The van der Waals surface area contributed by atoms with Crippen LogP contribution in [-0.2, 0) is 0 Å². The Bertz CT molecular complexity index is 288. The standard InChI is InChI=1S/C14H24N2S/c1-12(2)4-5-13(3)16-10-11-17-14-6-8-15-9-7-14/h6-9,12-13,16H,4-5,10-11H2,1-3H3. The molecule has 1 aromatic heterocycles. The molecule has 0 aliphatic rings. The molecule has 0 radical (unpaired) electrons. The number of nitrogens with one attached hydrogen (secondary N) is 1. The quantitative estimate of drug-likeness (QED) is 0.565. The van der Waals surface area contributed by atoms with Crippen molar-refractivity contribution in [1.82, 2.24) is 10.3 Å². The Hall–Kier alpha value is -0.540. The van der Waals surface area contributed by atoms with Gasteiger partial charge in [-0.1, -0.05) is 13.8 Å². The van der Waals surface area contributed by atoms with Crippen molar-refractivity contribution in [3.63, 3.8) is 0 Å². The number of rotatable bonds is 8. The van der Waals surface area contributed by atoms with E-state index in [0.717, 1.165) is 18.2 Å². The fourth-order valence-corrected chi connectivity index (χ4v) is 2.36. The van der Waals surface area contributed by atoms with Crippen LogP contribution in [0.3, 0.4) is 0 Å². The fourth-order valence-electron chi connectivity index (χ4n) is 1.59. The van der Waals surface area contributed by atoms with Gasteiger partial charge in [-0.15, -0.1) is 11.8 Å². The Balaban J connectivity index is 2.04. The summed E-state index contributed by atoms with van der Waals surface area (Å²) in [6, 6.07) is 4.76. The van der Waals surface area contributed by atoms with Crippen molar-refractivity contribution in [2.45, 2.75) is 44.6 Å². The number of aromatic nitrogens is 1. The summed E-state index contributed by atoms with van der Waals surface area (Å²) in [5.74, 6) is 1.93. The molecule has 0 aromatic carbocycles. The van der Waals surface area contributed by atoms with Crippen LogP contribution >= 0.6 is 11.8 Å².